The van der Waals surface area contributed by atoms with Crippen LogP contribution in [0.4, 0.5) is 5.82 Å². The predicted molar refractivity (Wildman–Crippen MR) is 84.6 cm³/mol. The molecular weight excluding hydrogens is 302 g/mol. The van der Waals surface area contributed by atoms with Gasteiger partial charge < -0.3 is 10.0 Å². The molecule has 1 N–H and O–H groups in total. The molecule has 0 bridgehead atoms. The molecule has 1 saturated heterocycles. The van der Waals surface area contributed by atoms with Crippen LogP contribution >= 0.6 is 11.6 Å². The maximum Gasteiger partial charge on any atom is 0.356 e. The Balaban J connectivity index is 1.63. The highest BCUT2D eigenvalue weighted by atomic mass is 35.5. The van der Waals surface area contributed by atoms with Crippen LogP contribution in [0.15, 0.2) is 36.7 Å². The van der Waals surface area contributed by atoms with Crippen molar-refractivity contribution in [3.05, 3.63) is 52.9 Å². The number of halogens is 1. The van der Waals surface area contributed by atoms with E-state index < -0.39 is 5.97 Å². The smallest absolute Gasteiger partial charge is 0.356 e. The van der Waals surface area contributed by atoms with Gasteiger partial charge >= 0.3 is 5.97 Å². The van der Waals surface area contributed by atoms with Crippen LogP contribution in [0.1, 0.15) is 34.8 Å². The summed E-state index contributed by atoms with van der Waals surface area (Å²) in [5.74, 6) is 0.208. The summed E-state index contributed by atoms with van der Waals surface area (Å²) < 4.78 is 0. The Morgan fingerprint density at radius 3 is 2.36 bits per heavy atom. The molecule has 0 unspecified atom stereocenters. The van der Waals surface area contributed by atoms with Crippen LogP contribution in [0.3, 0.4) is 0 Å². The van der Waals surface area contributed by atoms with E-state index in [9.17, 15) is 4.79 Å². The lowest BCUT2D eigenvalue weighted by molar-refractivity contribution is 0.0690. The van der Waals surface area contributed by atoms with E-state index in [1.165, 1.54) is 18.0 Å². The van der Waals surface area contributed by atoms with Gasteiger partial charge in [0.2, 0.25) is 0 Å². The van der Waals surface area contributed by atoms with Crippen molar-refractivity contribution in [3.8, 4) is 0 Å². The number of aromatic nitrogens is 2. The number of aromatic carboxylic acids is 1. The number of hydrogen-bond acceptors (Lipinski definition) is 4. The van der Waals surface area contributed by atoms with Crippen molar-refractivity contribution in [2.45, 2.75) is 18.8 Å². The van der Waals surface area contributed by atoms with Crippen LogP contribution < -0.4 is 4.90 Å². The van der Waals surface area contributed by atoms with Gasteiger partial charge in [0.1, 0.15) is 5.82 Å². The first-order valence-corrected chi connectivity index (χ1v) is 7.57. The highest BCUT2D eigenvalue weighted by Gasteiger charge is 2.21. The molecule has 114 valence electrons. The number of piperidine rings is 1. The predicted octanol–water partition coefficient (Wildman–Crippen LogP) is 3.21. The molecule has 3 rings (SSSR count). The first-order chi connectivity index (χ1) is 10.6. The minimum Gasteiger partial charge on any atom is -0.476 e. The van der Waals surface area contributed by atoms with Crippen molar-refractivity contribution in [3.63, 3.8) is 0 Å². The molecule has 0 amide bonds. The lowest BCUT2D eigenvalue weighted by Gasteiger charge is -2.32. The quantitative estimate of drug-likeness (QED) is 0.941. The summed E-state index contributed by atoms with van der Waals surface area (Å²) in [6.07, 6.45) is 4.91. The van der Waals surface area contributed by atoms with Crippen LogP contribution in [0, 0.1) is 0 Å². The van der Waals surface area contributed by atoms with Gasteiger partial charge in [0.15, 0.2) is 5.69 Å². The Kier molecular flexibility index (Phi) is 4.24. The van der Waals surface area contributed by atoms with Gasteiger partial charge in [0.25, 0.3) is 0 Å². The van der Waals surface area contributed by atoms with Gasteiger partial charge in [-0.15, -0.1) is 0 Å². The number of hydrogen-bond donors (Lipinski definition) is 1. The first kappa shape index (κ1) is 14.8. The summed E-state index contributed by atoms with van der Waals surface area (Å²) in [6, 6.07) is 8.03. The summed E-state index contributed by atoms with van der Waals surface area (Å²) in [7, 11) is 0. The lowest BCUT2D eigenvalue weighted by atomic mass is 9.89. The highest BCUT2D eigenvalue weighted by Crippen LogP contribution is 2.30. The molecule has 1 aromatic carbocycles. The zero-order valence-corrected chi connectivity index (χ0v) is 12.7. The molecule has 1 aromatic heterocycles. The van der Waals surface area contributed by atoms with E-state index in [4.69, 9.17) is 16.7 Å². The molecule has 22 heavy (non-hydrogen) atoms. The average molecular weight is 318 g/mol. The standard InChI is InChI=1S/C16H16ClN3O2/c17-13-3-1-11(2-4-13)12-5-7-20(8-6-12)15-10-18-14(9-19-15)16(21)22/h1-4,9-10,12H,5-8H2,(H,21,22). The summed E-state index contributed by atoms with van der Waals surface area (Å²) in [6.45, 7) is 1.77. The molecule has 1 aliphatic heterocycles. The Morgan fingerprint density at radius 1 is 1.14 bits per heavy atom. The molecule has 5 nitrogen and oxygen atoms in total. The lowest BCUT2D eigenvalue weighted by Crippen LogP contribution is -2.33. The van der Waals surface area contributed by atoms with Gasteiger partial charge in [0.05, 0.1) is 12.4 Å². The van der Waals surface area contributed by atoms with E-state index in [1.807, 2.05) is 12.1 Å². The molecule has 0 aliphatic carbocycles. The van der Waals surface area contributed by atoms with Crippen molar-refractivity contribution in [1.29, 1.82) is 0 Å². The van der Waals surface area contributed by atoms with Gasteiger partial charge in [-0.05, 0) is 36.5 Å². The zero-order chi connectivity index (χ0) is 15.5. The Labute approximate surface area is 133 Å². The van der Waals surface area contributed by atoms with E-state index in [1.54, 1.807) is 0 Å². The molecule has 0 spiro atoms. The average Bonchev–Trinajstić information content (AvgIpc) is 2.56. The molecule has 2 aromatic rings. The molecule has 0 atom stereocenters. The Hall–Kier alpha value is -2.14. The maximum absolute atomic E-state index is 10.8. The molecule has 1 fully saturated rings. The van der Waals surface area contributed by atoms with Crippen molar-refractivity contribution >= 4 is 23.4 Å². The van der Waals surface area contributed by atoms with Gasteiger partial charge in [-0.25, -0.2) is 14.8 Å². The van der Waals surface area contributed by atoms with Crippen LogP contribution in [0.25, 0.3) is 0 Å². The van der Waals surface area contributed by atoms with Gasteiger partial charge in [-0.3, -0.25) is 0 Å². The second-order valence-corrected chi connectivity index (χ2v) is 5.81. The van der Waals surface area contributed by atoms with E-state index in [-0.39, 0.29) is 5.69 Å². The van der Waals surface area contributed by atoms with Crippen molar-refractivity contribution in [2.24, 2.45) is 0 Å². The number of carbonyl (C=O) groups is 1. The number of rotatable bonds is 3. The fourth-order valence-electron chi connectivity index (χ4n) is 2.77. The Bertz CT molecular complexity index is 650. The fraction of sp³-hybridized carbons (Fsp3) is 0.312. The third-order valence-electron chi connectivity index (χ3n) is 4.02. The zero-order valence-electron chi connectivity index (χ0n) is 11.9. The Morgan fingerprint density at radius 2 is 1.82 bits per heavy atom. The van der Waals surface area contributed by atoms with Crippen LogP contribution in [0.2, 0.25) is 5.02 Å². The monoisotopic (exact) mass is 317 g/mol. The number of anilines is 1. The summed E-state index contributed by atoms with van der Waals surface area (Å²) in [5.41, 5.74) is 1.29. The molecular formula is C16H16ClN3O2. The molecule has 0 saturated carbocycles. The van der Waals surface area contributed by atoms with E-state index in [2.05, 4.69) is 27.0 Å². The normalized spacial score (nSPS) is 15.8. The summed E-state index contributed by atoms with van der Waals surface area (Å²) in [4.78, 5) is 21.1. The van der Waals surface area contributed by atoms with Crippen LogP contribution in [-0.4, -0.2) is 34.1 Å². The van der Waals surface area contributed by atoms with E-state index in [0.717, 1.165) is 36.8 Å². The highest BCUT2D eigenvalue weighted by molar-refractivity contribution is 6.30. The number of nitrogens with zero attached hydrogens (tertiary/aromatic N) is 3. The van der Waals surface area contributed by atoms with Crippen molar-refractivity contribution in [1.82, 2.24) is 9.97 Å². The fourth-order valence-corrected chi connectivity index (χ4v) is 2.90. The molecule has 2 heterocycles. The minimum atomic E-state index is -1.06. The molecule has 0 radical (unpaired) electrons. The van der Waals surface area contributed by atoms with Gasteiger partial charge in [-0.1, -0.05) is 23.7 Å². The van der Waals surface area contributed by atoms with Crippen LogP contribution in [-0.2, 0) is 0 Å². The maximum atomic E-state index is 10.8. The van der Waals surface area contributed by atoms with Gasteiger partial charge in [0, 0.05) is 18.1 Å². The number of benzene rings is 1. The van der Waals surface area contributed by atoms with E-state index >= 15 is 0 Å². The first-order valence-electron chi connectivity index (χ1n) is 7.19. The van der Waals surface area contributed by atoms with Crippen LogP contribution in [0.5, 0.6) is 0 Å². The number of carboxylic acids is 1. The second kappa shape index (κ2) is 6.32. The summed E-state index contributed by atoms with van der Waals surface area (Å²) in [5, 5.41) is 9.60. The second-order valence-electron chi connectivity index (χ2n) is 5.38. The largest absolute Gasteiger partial charge is 0.476 e. The third-order valence-corrected chi connectivity index (χ3v) is 4.27. The molecule has 1 aliphatic rings. The number of carboxylic acid groups (broad SMARTS) is 1. The summed E-state index contributed by atoms with van der Waals surface area (Å²) >= 11 is 5.92. The van der Waals surface area contributed by atoms with Gasteiger partial charge in [-0.2, -0.15) is 0 Å². The minimum absolute atomic E-state index is 0.0280. The topological polar surface area (TPSA) is 66.3 Å². The van der Waals surface area contributed by atoms with Crippen molar-refractivity contribution < 1.29 is 9.90 Å². The van der Waals surface area contributed by atoms with E-state index in [0.29, 0.717) is 5.92 Å². The third kappa shape index (κ3) is 3.20. The molecule has 6 heteroatoms. The SMILES string of the molecule is O=C(O)c1cnc(N2CCC(c3ccc(Cl)cc3)CC2)cn1. The van der Waals surface area contributed by atoms with Crippen molar-refractivity contribution in [2.75, 3.05) is 18.0 Å².